The molecular formula is C16H24N2O2. The predicted molar refractivity (Wildman–Crippen MR) is 78.9 cm³/mol. The van der Waals surface area contributed by atoms with Crippen molar-refractivity contribution in [3.63, 3.8) is 0 Å². The Morgan fingerprint density at radius 1 is 1.45 bits per heavy atom. The molecule has 110 valence electrons. The summed E-state index contributed by atoms with van der Waals surface area (Å²) in [5.74, 6) is 0.944. The molecule has 1 unspecified atom stereocenters. The summed E-state index contributed by atoms with van der Waals surface area (Å²) < 4.78 is 5.17. The molecule has 1 amide bonds. The molecule has 0 radical (unpaired) electrons. The minimum Gasteiger partial charge on any atom is -0.481 e. The average Bonchev–Trinajstić information content (AvgIpc) is 2.50. The largest absolute Gasteiger partial charge is 0.481 e. The first kappa shape index (κ1) is 14.8. The first-order valence-corrected chi connectivity index (χ1v) is 7.51. The van der Waals surface area contributed by atoms with Gasteiger partial charge in [-0.25, -0.2) is 4.98 Å². The molecule has 0 fully saturated rings. The average molecular weight is 276 g/mol. The monoisotopic (exact) mass is 276 g/mol. The lowest BCUT2D eigenvalue weighted by Crippen LogP contribution is -2.43. The van der Waals surface area contributed by atoms with Gasteiger partial charge in [-0.2, -0.15) is 0 Å². The first-order chi connectivity index (χ1) is 9.69. The number of ether oxygens (including phenoxy) is 1. The lowest BCUT2D eigenvalue weighted by Gasteiger charge is -2.34. The molecule has 1 heterocycles. The van der Waals surface area contributed by atoms with E-state index in [4.69, 9.17) is 4.74 Å². The van der Waals surface area contributed by atoms with Crippen LogP contribution in [0.2, 0.25) is 0 Å². The van der Waals surface area contributed by atoms with Crippen LogP contribution in [-0.4, -0.2) is 35.5 Å². The van der Waals surface area contributed by atoms with Gasteiger partial charge in [0.1, 0.15) is 0 Å². The van der Waals surface area contributed by atoms with E-state index in [0.717, 1.165) is 37.9 Å². The molecule has 0 N–H and O–H groups in total. The zero-order valence-electron chi connectivity index (χ0n) is 12.7. The van der Waals surface area contributed by atoms with E-state index < -0.39 is 0 Å². The van der Waals surface area contributed by atoms with Gasteiger partial charge < -0.3 is 9.64 Å². The van der Waals surface area contributed by atoms with Crippen LogP contribution >= 0.6 is 0 Å². The molecule has 4 heteroatoms. The molecule has 1 aromatic heterocycles. The van der Waals surface area contributed by atoms with Crippen molar-refractivity contribution in [1.29, 1.82) is 0 Å². The zero-order chi connectivity index (χ0) is 14.5. The van der Waals surface area contributed by atoms with Crippen LogP contribution in [0.3, 0.4) is 0 Å². The number of aryl methyl sites for hydroxylation is 1. The summed E-state index contributed by atoms with van der Waals surface area (Å²) in [6.45, 7) is 4.92. The van der Waals surface area contributed by atoms with Gasteiger partial charge in [0.25, 0.3) is 0 Å². The molecule has 0 aromatic carbocycles. The van der Waals surface area contributed by atoms with E-state index in [2.05, 4.69) is 22.9 Å². The lowest BCUT2D eigenvalue weighted by molar-refractivity contribution is -0.133. The number of amides is 1. The fraction of sp³-hybridized carbons (Fsp3) is 0.625. The van der Waals surface area contributed by atoms with Crippen molar-refractivity contribution < 1.29 is 9.53 Å². The third-order valence-corrected chi connectivity index (χ3v) is 3.95. The number of pyridine rings is 1. The van der Waals surface area contributed by atoms with Gasteiger partial charge in [0.2, 0.25) is 11.8 Å². The van der Waals surface area contributed by atoms with Crippen LogP contribution in [-0.2, 0) is 17.6 Å². The van der Waals surface area contributed by atoms with Crippen LogP contribution in [0, 0.1) is 0 Å². The molecule has 1 aromatic rings. The number of carbonyl (C=O) groups is 1. The molecule has 1 aliphatic rings. The van der Waals surface area contributed by atoms with E-state index in [1.54, 1.807) is 7.11 Å². The number of methoxy groups -OCH3 is 1. The van der Waals surface area contributed by atoms with Gasteiger partial charge in [0, 0.05) is 30.8 Å². The maximum atomic E-state index is 12.1. The molecule has 4 nitrogen and oxygen atoms in total. The van der Waals surface area contributed by atoms with E-state index in [1.165, 1.54) is 5.56 Å². The molecule has 0 aliphatic heterocycles. The van der Waals surface area contributed by atoms with Crippen LogP contribution in [0.25, 0.3) is 0 Å². The Labute approximate surface area is 121 Å². The van der Waals surface area contributed by atoms with Gasteiger partial charge in [-0.3, -0.25) is 4.79 Å². The molecule has 0 saturated heterocycles. The molecule has 2 rings (SSSR count). The summed E-state index contributed by atoms with van der Waals surface area (Å²) >= 11 is 0. The van der Waals surface area contributed by atoms with Crippen LogP contribution in [0.15, 0.2) is 12.1 Å². The number of aromatic nitrogens is 1. The van der Waals surface area contributed by atoms with Gasteiger partial charge in [0.15, 0.2) is 0 Å². The lowest BCUT2D eigenvalue weighted by atomic mass is 9.90. The number of hydrogen-bond acceptors (Lipinski definition) is 3. The molecular weight excluding hydrogens is 252 g/mol. The maximum absolute atomic E-state index is 12.1. The van der Waals surface area contributed by atoms with Crippen molar-refractivity contribution in [2.24, 2.45) is 0 Å². The number of hydrogen-bond donors (Lipinski definition) is 0. The Balaban J connectivity index is 2.14. The first-order valence-electron chi connectivity index (χ1n) is 7.51. The Kier molecular flexibility index (Phi) is 4.99. The molecule has 0 saturated carbocycles. The van der Waals surface area contributed by atoms with E-state index in [0.29, 0.717) is 18.3 Å². The minimum atomic E-state index is 0.266. The van der Waals surface area contributed by atoms with Gasteiger partial charge in [0.05, 0.1) is 7.11 Å². The van der Waals surface area contributed by atoms with Crippen molar-refractivity contribution >= 4 is 5.91 Å². The number of nitrogens with zero attached hydrogens (tertiary/aromatic N) is 2. The number of carbonyl (C=O) groups excluding carboxylic acids is 1. The topological polar surface area (TPSA) is 42.4 Å². The Bertz CT molecular complexity index is 474. The molecule has 1 aliphatic carbocycles. The fourth-order valence-electron chi connectivity index (χ4n) is 2.91. The fourth-order valence-corrected chi connectivity index (χ4v) is 2.91. The summed E-state index contributed by atoms with van der Waals surface area (Å²) in [4.78, 5) is 18.7. The number of rotatable bonds is 5. The highest BCUT2D eigenvalue weighted by molar-refractivity contribution is 5.76. The van der Waals surface area contributed by atoms with Crippen molar-refractivity contribution in [1.82, 2.24) is 9.88 Å². The molecule has 1 atom stereocenters. The van der Waals surface area contributed by atoms with E-state index >= 15 is 0 Å². The molecule has 20 heavy (non-hydrogen) atoms. The summed E-state index contributed by atoms with van der Waals surface area (Å²) in [7, 11) is 1.64. The molecule has 0 spiro atoms. The number of fused-ring (bicyclic) bond motifs is 1. The Morgan fingerprint density at radius 2 is 2.25 bits per heavy atom. The van der Waals surface area contributed by atoms with Gasteiger partial charge in [-0.1, -0.05) is 19.9 Å². The highest BCUT2D eigenvalue weighted by atomic mass is 16.5. The summed E-state index contributed by atoms with van der Waals surface area (Å²) in [6, 6.07) is 4.33. The normalized spacial score (nSPS) is 17.4. The van der Waals surface area contributed by atoms with Crippen LogP contribution < -0.4 is 4.74 Å². The maximum Gasteiger partial charge on any atom is 0.222 e. The predicted octanol–water partition coefficient (Wildman–Crippen LogP) is 2.60. The van der Waals surface area contributed by atoms with Crippen molar-refractivity contribution in [2.75, 3.05) is 13.7 Å². The SMILES string of the molecule is CCCN(C(=O)CC)C1CCc2nc(OC)ccc2C1. The Hall–Kier alpha value is -1.58. The van der Waals surface area contributed by atoms with Gasteiger partial charge >= 0.3 is 0 Å². The van der Waals surface area contributed by atoms with Gasteiger partial charge in [-0.15, -0.1) is 0 Å². The van der Waals surface area contributed by atoms with Crippen molar-refractivity contribution in [2.45, 2.75) is 52.0 Å². The summed E-state index contributed by atoms with van der Waals surface area (Å²) in [6.07, 6.45) is 4.44. The minimum absolute atomic E-state index is 0.266. The van der Waals surface area contributed by atoms with E-state index in [-0.39, 0.29) is 5.91 Å². The van der Waals surface area contributed by atoms with Crippen LogP contribution in [0.1, 0.15) is 44.4 Å². The van der Waals surface area contributed by atoms with E-state index in [9.17, 15) is 4.79 Å². The third kappa shape index (κ3) is 3.11. The van der Waals surface area contributed by atoms with Crippen LogP contribution in [0.4, 0.5) is 0 Å². The zero-order valence-corrected chi connectivity index (χ0v) is 12.7. The highest BCUT2D eigenvalue weighted by Gasteiger charge is 2.27. The third-order valence-electron chi connectivity index (χ3n) is 3.95. The highest BCUT2D eigenvalue weighted by Crippen LogP contribution is 2.25. The quantitative estimate of drug-likeness (QED) is 0.830. The van der Waals surface area contributed by atoms with Crippen LogP contribution in [0.5, 0.6) is 5.88 Å². The second-order valence-electron chi connectivity index (χ2n) is 5.30. The van der Waals surface area contributed by atoms with E-state index in [1.807, 2.05) is 13.0 Å². The van der Waals surface area contributed by atoms with Gasteiger partial charge in [-0.05, 0) is 31.2 Å². The second kappa shape index (κ2) is 6.73. The Morgan fingerprint density at radius 3 is 2.90 bits per heavy atom. The smallest absolute Gasteiger partial charge is 0.222 e. The summed E-state index contributed by atoms with van der Waals surface area (Å²) in [5.41, 5.74) is 2.38. The second-order valence-corrected chi connectivity index (χ2v) is 5.30. The molecule has 0 bridgehead atoms. The van der Waals surface area contributed by atoms with Crippen molar-refractivity contribution in [3.8, 4) is 5.88 Å². The standard InChI is InChI=1S/C16H24N2O2/c1-4-10-18(16(19)5-2)13-7-8-14-12(11-13)6-9-15(17-14)20-3/h6,9,13H,4-5,7-8,10-11H2,1-3H3. The van der Waals surface area contributed by atoms with Crippen molar-refractivity contribution in [3.05, 3.63) is 23.4 Å². The summed E-state index contributed by atoms with van der Waals surface area (Å²) in [5, 5.41) is 0.